The highest BCUT2D eigenvalue weighted by Gasteiger charge is 2.57. The third-order valence-electron chi connectivity index (χ3n) is 5.45. The molecular formula is C17H26N2O2S. The molecule has 2 aliphatic rings. The molecule has 2 fully saturated rings. The standard InChI is InChI=1S/C17H26N2O2S/c1-12-13(2)22-16(19(12)9-10-21-3)18-15(20)14-11-17(14)7-5-4-6-8-17/h14H,4-11H2,1-3H3. The number of hydrogen-bond donors (Lipinski definition) is 0. The molecule has 2 aliphatic carbocycles. The Morgan fingerprint density at radius 2 is 2.09 bits per heavy atom. The summed E-state index contributed by atoms with van der Waals surface area (Å²) < 4.78 is 7.30. The third-order valence-corrected chi connectivity index (χ3v) is 6.55. The van der Waals surface area contributed by atoms with Gasteiger partial charge in [-0.15, -0.1) is 11.3 Å². The Kier molecular flexibility index (Phi) is 4.55. The maximum Gasteiger partial charge on any atom is 0.252 e. The van der Waals surface area contributed by atoms with Crippen LogP contribution in [0.4, 0.5) is 0 Å². The summed E-state index contributed by atoms with van der Waals surface area (Å²) in [5.41, 5.74) is 1.51. The largest absolute Gasteiger partial charge is 0.383 e. The summed E-state index contributed by atoms with van der Waals surface area (Å²) in [7, 11) is 1.70. The number of aromatic nitrogens is 1. The molecule has 0 N–H and O–H groups in total. The van der Waals surface area contributed by atoms with E-state index < -0.39 is 0 Å². The summed E-state index contributed by atoms with van der Waals surface area (Å²) in [5, 5.41) is 0. The Hall–Kier alpha value is -0.940. The summed E-state index contributed by atoms with van der Waals surface area (Å²) in [5.74, 6) is 0.292. The van der Waals surface area contributed by atoms with Gasteiger partial charge in [0.1, 0.15) is 0 Å². The Bertz CT molecular complexity index is 623. The first kappa shape index (κ1) is 15.9. The van der Waals surface area contributed by atoms with E-state index in [9.17, 15) is 4.79 Å². The Morgan fingerprint density at radius 1 is 1.36 bits per heavy atom. The fourth-order valence-corrected chi connectivity index (χ4v) is 4.81. The van der Waals surface area contributed by atoms with Crippen molar-refractivity contribution in [3.05, 3.63) is 15.4 Å². The first-order valence-electron chi connectivity index (χ1n) is 8.32. The van der Waals surface area contributed by atoms with Gasteiger partial charge in [-0.3, -0.25) is 4.79 Å². The molecule has 1 heterocycles. The first-order valence-corrected chi connectivity index (χ1v) is 9.13. The predicted octanol–water partition coefficient (Wildman–Crippen LogP) is 3.21. The maximum absolute atomic E-state index is 12.6. The molecule has 1 aromatic heterocycles. The van der Waals surface area contributed by atoms with Crippen LogP contribution in [0.3, 0.4) is 0 Å². The number of ether oxygens (including phenoxy) is 1. The SMILES string of the molecule is COCCn1c(C)c(C)sc1=NC(=O)C1CC12CCCCC2. The molecule has 122 valence electrons. The van der Waals surface area contributed by atoms with Gasteiger partial charge in [0.15, 0.2) is 4.80 Å². The number of hydrogen-bond acceptors (Lipinski definition) is 3. The lowest BCUT2D eigenvalue weighted by Crippen LogP contribution is -2.22. The second kappa shape index (κ2) is 6.28. The van der Waals surface area contributed by atoms with Crippen LogP contribution in [0.1, 0.15) is 49.1 Å². The smallest absolute Gasteiger partial charge is 0.252 e. The molecule has 5 heteroatoms. The molecule has 0 aromatic carbocycles. The van der Waals surface area contributed by atoms with Gasteiger partial charge >= 0.3 is 0 Å². The summed E-state index contributed by atoms with van der Waals surface area (Å²) in [6, 6.07) is 0. The van der Waals surface area contributed by atoms with Gasteiger partial charge in [0, 0.05) is 30.1 Å². The quantitative estimate of drug-likeness (QED) is 0.854. The number of carbonyl (C=O) groups excluding carboxylic acids is 1. The number of rotatable bonds is 4. The molecule has 4 nitrogen and oxygen atoms in total. The van der Waals surface area contributed by atoms with Gasteiger partial charge in [-0.05, 0) is 38.5 Å². The van der Waals surface area contributed by atoms with E-state index in [2.05, 4.69) is 23.4 Å². The van der Waals surface area contributed by atoms with Gasteiger partial charge in [-0.25, -0.2) is 0 Å². The van der Waals surface area contributed by atoms with Crippen LogP contribution < -0.4 is 4.80 Å². The molecule has 22 heavy (non-hydrogen) atoms. The lowest BCUT2D eigenvalue weighted by Gasteiger charge is -2.21. The zero-order valence-electron chi connectivity index (χ0n) is 13.9. The van der Waals surface area contributed by atoms with E-state index in [0.29, 0.717) is 12.0 Å². The van der Waals surface area contributed by atoms with Crippen LogP contribution in [-0.2, 0) is 16.1 Å². The van der Waals surface area contributed by atoms with E-state index in [1.807, 2.05) is 0 Å². The summed E-state index contributed by atoms with van der Waals surface area (Å²) >= 11 is 1.62. The average Bonchev–Trinajstić information content (AvgIpc) is 3.13. The average molecular weight is 322 g/mol. The molecule has 2 saturated carbocycles. The van der Waals surface area contributed by atoms with Gasteiger partial charge in [0.05, 0.1) is 6.61 Å². The number of nitrogens with zero attached hydrogens (tertiary/aromatic N) is 2. The molecular weight excluding hydrogens is 296 g/mol. The van der Waals surface area contributed by atoms with E-state index in [1.54, 1.807) is 18.4 Å². The first-order chi connectivity index (χ1) is 10.6. The zero-order chi connectivity index (χ0) is 15.7. The molecule has 0 radical (unpaired) electrons. The fourth-order valence-electron chi connectivity index (χ4n) is 3.81. The second-order valence-corrected chi connectivity index (χ2v) is 7.98. The van der Waals surface area contributed by atoms with Crippen molar-refractivity contribution in [3.63, 3.8) is 0 Å². The fraction of sp³-hybridized carbons (Fsp3) is 0.765. The van der Waals surface area contributed by atoms with Crippen LogP contribution in [-0.4, -0.2) is 24.2 Å². The molecule has 0 aliphatic heterocycles. The van der Waals surface area contributed by atoms with Crippen molar-refractivity contribution in [2.75, 3.05) is 13.7 Å². The summed E-state index contributed by atoms with van der Waals surface area (Å²) in [6.07, 6.45) is 7.43. The van der Waals surface area contributed by atoms with Crippen LogP contribution >= 0.6 is 11.3 Å². The van der Waals surface area contributed by atoms with Crippen molar-refractivity contribution in [1.29, 1.82) is 0 Å². The van der Waals surface area contributed by atoms with Crippen LogP contribution in [0.2, 0.25) is 0 Å². The van der Waals surface area contributed by atoms with Gasteiger partial charge in [-0.2, -0.15) is 4.99 Å². The monoisotopic (exact) mass is 322 g/mol. The highest BCUT2D eigenvalue weighted by molar-refractivity contribution is 7.09. The van der Waals surface area contributed by atoms with Crippen molar-refractivity contribution in [3.8, 4) is 0 Å². The maximum atomic E-state index is 12.6. The highest BCUT2D eigenvalue weighted by Crippen LogP contribution is 2.61. The number of methoxy groups -OCH3 is 1. The predicted molar refractivity (Wildman–Crippen MR) is 87.9 cm³/mol. The van der Waals surface area contributed by atoms with Crippen LogP contribution in [0.15, 0.2) is 4.99 Å². The van der Waals surface area contributed by atoms with Crippen LogP contribution in [0, 0.1) is 25.2 Å². The number of aryl methyl sites for hydroxylation is 1. The van der Waals surface area contributed by atoms with Crippen molar-refractivity contribution >= 4 is 17.2 Å². The molecule has 0 bridgehead atoms. The molecule has 1 aromatic rings. The van der Waals surface area contributed by atoms with Gasteiger partial charge in [-0.1, -0.05) is 19.3 Å². The Balaban J connectivity index is 1.80. The Labute approximate surface area is 136 Å². The van der Waals surface area contributed by atoms with E-state index in [-0.39, 0.29) is 11.8 Å². The van der Waals surface area contributed by atoms with Crippen LogP contribution in [0.25, 0.3) is 0 Å². The highest BCUT2D eigenvalue weighted by atomic mass is 32.1. The summed E-state index contributed by atoms with van der Waals surface area (Å²) in [6.45, 7) is 5.58. The van der Waals surface area contributed by atoms with Crippen molar-refractivity contribution in [1.82, 2.24) is 4.57 Å². The lowest BCUT2D eigenvalue weighted by molar-refractivity contribution is -0.120. The second-order valence-electron chi connectivity index (χ2n) is 6.80. The van der Waals surface area contributed by atoms with E-state index in [1.165, 1.54) is 42.7 Å². The van der Waals surface area contributed by atoms with E-state index in [4.69, 9.17) is 4.74 Å². The molecule has 1 atom stereocenters. The minimum absolute atomic E-state index is 0.106. The number of amides is 1. The molecule has 0 saturated heterocycles. The molecule has 1 spiro atoms. The van der Waals surface area contributed by atoms with E-state index in [0.717, 1.165) is 17.8 Å². The van der Waals surface area contributed by atoms with Gasteiger partial charge in [0.25, 0.3) is 5.91 Å². The Morgan fingerprint density at radius 3 is 2.77 bits per heavy atom. The van der Waals surface area contributed by atoms with Crippen LogP contribution in [0.5, 0.6) is 0 Å². The third kappa shape index (κ3) is 2.93. The van der Waals surface area contributed by atoms with Crippen molar-refractivity contribution in [2.24, 2.45) is 16.3 Å². The normalized spacial score (nSPS) is 24.0. The molecule has 1 unspecified atom stereocenters. The topological polar surface area (TPSA) is 43.6 Å². The molecule has 1 amide bonds. The van der Waals surface area contributed by atoms with Crippen molar-refractivity contribution in [2.45, 2.75) is 58.9 Å². The van der Waals surface area contributed by atoms with Crippen molar-refractivity contribution < 1.29 is 9.53 Å². The minimum atomic E-state index is 0.106. The number of carbonyl (C=O) groups is 1. The van der Waals surface area contributed by atoms with E-state index >= 15 is 0 Å². The minimum Gasteiger partial charge on any atom is -0.383 e. The van der Waals surface area contributed by atoms with Gasteiger partial charge < -0.3 is 9.30 Å². The summed E-state index contributed by atoms with van der Waals surface area (Å²) in [4.78, 5) is 19.2. The zero-order valence-corrected chi connectivity index (χ0v) is 14.7. The van der Waals surface area contributed by atoms with Gasteiger partial charge in [0.2, 0.25) is 0 Å². The molecule has 3 rings (SSSR count). The lowest BCUT2D eigenvalue weighted by atomic mass is 9.84. The number of thiazole rings is 1.